The number of rotatable bonds is 5. The lowest BCUT2D eigenvalue weighted by Crippen LogP contribution is -2.14. The Morgan fingerprint density at radius 1 is 1.17 bits per heavy atom. The molecule has 0 saturated carbocycles. The molecule has 0 fully saturated rings. The van der Waals surface area contributed by atoms with Crippen LogP contribution in [0.1, 0.15) is 16.7 Å². The molecular weight excluding hydrogens is 326 g/mol. The summed E-state index contributed by atoms with van der Waals surface area (Å²) < 4.78 is 10.5. The summed E-state index contributed by atoms with van der Waals surface area (Å²) in [6.45, 7) is 3.09. The van der Waals surface area contributed by atoms with Gasteiger partial charge in [0.25, 0.3) is 0 Å². The second-order valence-electron chi connectivity index (χ2n) is 5.64. The van der Waals surface area contributed by atoms with Crippen LogP contribution in [-0.4, -0.2) is 7.11 Å². The fraction of sp³-hybridized carbons (Fsp3) is 0.211. The second kappa shape index (κ2) is 7.07. The van der Waals surface area contributed by atoms with E-state index in [1.165, 1.54) is 6.07 Å². The van der Waals surface area contributed by atoms with Crippen molar-refractivity contribution in [2.45, 2.75) is 20.0 Å². The van der Waals surface area contributed by atoms with Crippen molar-refractivity contribution in [3.63, 3.8) is 0 Å². The number of halogens is 1. The maximum absolute atomic E-state index is 11.8. The predicted octanol–water partition coefficient (Wildman–Crippen LogP) is 4.05. The van der Waals surface area contributed by atoms with Gasteiger partial charge in [-0.25, -0.2) is 4.79 Å². The van der Waals surface area contributed by atoms with Gasteiger partial charge in [-0.1, -0.05) is 23.7 Å². The Hall–Kier alpha value is -2.30. The monoisotopic (exact) mass is 343 g/mol. The molecule has 0 unspecified atom stereocenters. The third kappa shape index (κ3) is 3.61. The zero-order valence-corrected chi connectivity index (χ0v) is 14.3. The van der Waals surface area contributed by atoms with Gasteiger partial charge in [0.1, 0.15) is 11.3 Å². The molecule has 0 bridgehead atoms. The number of fused-ring (bicyclic) bond motifs is 1. The van der Waals surface area contributed by atoms with Crippen molar-refractivity contribution in [1.82, 2.24) is 5.32 Å². The van der Waals surface area contributed by atoms with Crippen LogP contribution >= 0.6 is 11.6 Å². The SMILES string of the molecule is COc1cccc(CNCc2cc(=O)oc3cc(C)c(Cl)cc23)c1. The van der Waals surface area contributed by atoms with Crippen molar-refractivity contribution in [2.24, 2.45) is 0 Å². The Bertz CT molecular complexity index is 934. The van der Waals surface area contributed by atoms with Crippen molar-refractivity contribution in [3.05, 3.63) is 74.6 Å². The number of methoxy groups -OCH3 is 1. The second-order valence-corrected chi connectivity index (χ2v) is 6.05. The van der Waals surface area contributed by atoms with Gasteiger partial charge in [-0.15, -0.1) is 0 Å². The summed E-state index contributed by atoms with van der Waals surface area (Å²) in [6, 6.07) is 13.0. The molecule has 4 nitrogen and oxygen atoms in total. The van der Waals surface area contributed by atoms with Crippen LogP contribution in [0.15, 0.2) is 51.7 Å². The molecule has 0 aliphatic carbocycles. The van der Waals surface area contributed by atoms with Gasteiger partial charge in [0.2, 0.25) is 0 Å². The average molecular weight is 344 g/mol. The minimum absolute atomic E-state index is 0.359. The smallest absolute Gasteiger partial charge is 0.336 e. The molecular formula is C19H18ClNO3. The van der Waals surface area contributed by atoms with Gasteiger partial charge in [-0.05, 0) is 47.9 Å². The number of hydrogen-bond donors (Lipinski definition) is 1. The van der Waals surface area contributed by atoms with Crippen molar-refractivity contribution >= 4 is 22.6 Å². The van der Waals surface area contributed by atoms with E-state index in [4.69, 9.17) is 20.8 Å². The molecule has 24 heavy (non-hydrogen) atoms. The van der Waals surface area contributed by atoms with E-state index < -0.39 is 0 Å². The Labute approximate surface area is 145 Å². The van der Waals surface area contributed by atoms with Crippen LogP contribution in [0, 0.1) is 6.92 Å². The normalized spacial score (nSPS) is 11.0. The third-order valence-corrected chi connectivity index (χ3v) is 4.30. The van der Waals surface area contributed by atoms with E-state index in [0.29, 0.717) is 23.7 Å². The summed E-state index contributed by atoms with van der Waals surface area (Å²) in [5, 5.41) is 4.85. The maximum atomic E-state index is 11.8. The minimum Gasteiger partial charge on any atom is -0.497 e. The molecule has 0 amide bonds. The van der Waals surface area contributed by atoms with E-state index >= 15 is 0 Å². The Kier molecular flexibility index (Phi) is 4.88. The Balaban J connectivity index is 1.82. The highest BCUT2D eigenvalue weighted by Gasteiger charge is 2.08. The molecule has 124 valence electrons. The fourth-order valence-corrected chi connectivity index (χ4v) is 2.78. The number of aryl methyl sites for hydroxylation is 1. The largest absolute Gasteiger partial charge is 0.497 e. The molecule has 0 radical (unpaired) electrons. The van der Waals surface area contributed by atoms with Gasteiger partial charge in [0.15, 0.2) is 0 Å². The van der Waals surface area contributed by atoms with E-state index in [9.17, 15) is 4.79 Å². The van der Waals surface area contributed by atoms with Crippen molar-refractivity contribution < 1.29 is 9.15 Å². The van der Waals surface area contributed by atoms with Crippen molar-refractivity contribution in [1.29, 1.82) is 0 Å². The van der Waals surface area contributed by atoms with Crippen LogP contribution in [0.2, 0.25) is 5.02 Å². The highest BCUT2D eigenvalue weighted by molar-refractivity contribution is 6.32. The highest BCUT2D eigenvalue weighted by atomic mass is 35.5. The zero-order valence-electron chi connectivity index (χ0n) is 13.6. The van der Waals surface area contributed by atoms with Gasteiger partial charge >= 0.3 is 5.63 Å². The summed E-state index contributed by atoms with van der Waals surface area (Å²) in [7, 11) is 1.65. The van der Waals surface area contributed by atoms with Crippen LogP contribution < -0.4 is 15.7 Å². The lowest BCUT2D eigenvalue weighted by molar-refractivity contribution is 0.414. The summed E-state index contributed by atoms with van der Waals surface area (Å²) in [4.78, 5) is 11.8. The molecule has 5 heteroatoms. The van der Waals surface area contributed by atoms with Crippen LogP contribution in [-0.2, 0) is 13.1 Å². The summed E-state index contributed by atoms with van der Waals surface area (Å²) in [6.07, 6.45) is 0. The van der Waals surface area contributed by atoms with Gasteiger partial charge < -0.3 is 14.5 Å². The lowest BCUT2D eigenvalue weighted by atomic mass is 10.1. The molecule has 1 heterocycles. The molecule has 0 aliphatic rings. The number of nitrogens with one attached hydrogen (secondary N) is 1. The third-order valence-electron chi connectivity index (χ3n) is 3.89. The quantitative estimate of drug-likeness (QED) is 0.710. The first-order valence-corrected chi connectivity index (χ1v) is 8.01. The van der Waals surface area contributed by atoms with E-state index in [1.54, 1.807) is 13.2 Å². The Morgan fingerprint density at radius 2 is 2.00 bits per heavy atom. The number of hydrogen-bond acceptors (Lipinski definition) is 4. The molecule has 0 spiro atoms. The van der Waals surface area contributed by atoms with E-state index in [1.807, 2.05) is 37.3 Å². The molecule has 0 aliphatic heterocycles. The van der Waals surface area contributed by atoms with Crippen LogP contribution in [0.4, 0.5) is 0 Å². The molecule has 1 aromatic heterocycles. The summed E-state index contributed by atoms with van der Waals surface area (Å²) >= 11 is 6.21. The minimum atomic E-state index is -0.359. The molecule has 2 aromatic carbocycles. The van der Waals surface area contributed by atoms with Crippen LogP contribution in [0.3, 0.4) is 0 Å². The van der Waals surface area contributed by atoms with Gasteiger partial charge in [0, 0.05) is 29.6 Å². The summed E-state index contributed by atoms with van der Waals surface area (Å²) in [5.41, 5.74) is 3.06. The predicted molar refractivity (Wildman–Crippen MR) is 95.8 cm³/mol. The molecule has 3 rings (SSSR count). The maximum Gasteiger partial charge on any atom is 0.336 e. The molecule has 0 saturated heterocycles. The average Bonchev–Trinajstić information content (AvgIpc) is 2.56. The topological polar surface area (TPSA) is 51.5 Å². The van der Waals surface area contributed by atoms with Gasteiger partial charge in [-0.3, -0.25) is 0 Å². The molecule has 1 N–H and O–H groups in total. The number of ether oxygens (including phenoxy) is 1. The highest BCUT2D eigenvalue weighted by Crippen LogP contribution is 2.25. The first-order valence-electron chi connectivity index (χ1n) is 7.63. The van der Waals surface area contributed by atoms with Crippen LogP contribution in [0.25, 0.3) is 11.0 Å². The standard InChI is InChI=1S/C19H18ClNO3/c1-12-6-18-16(9-17(12)20)14(8-19(22)24-18)11-21-10-13-4-3-5-15(7-13)23-2/h3-9,21H,10-11H2,1-2H3. The first-order chi connectivity index (χ1) is 11.6. The number of benzene rings is 2. The fourth-order valence-electron chi connectivity index (χ4n) is 2.62. The zero-order chi connectivity index (χ0) is 17.1. The molecule has 3 aromatic rings. The van der Waals surface area contributed by atoms with E-state index in [-0.39, 0.29) is 5.63 Å². The van der Waals surface area contributed by atoms with Crippen molar-refractivity contribution in [2.75, 3.05) is 7.11 Å². The first kappa shape index (κ1) is 16.6. The van der Waals surface area contributed by atoms with Crippen LogP contribution in [0.5, 0.6) is 5.75 Å². The van der Waals surface area contributed by atoms with E-state index in [2.05, 4.69) is 5.32 Å². The lowest BCUT2D eigenvalue weighted by Gasteiger charge is -2.09. The summed E-state index contributed by atoms with van der Waals surface area (Å²) in [5.74, 6) is 0.822. The van der Waals surface area contributed by atoms with Gasteiger partial charge in [-0.2, -0.15) is 0 Å². The molecule has 0 atom stereocenters. The Morgan fingerprint density at radius 3 is 2.79 bits per heavy atom. The van der Waals surface area contributed by atoms with Crippen molar-refractivity contribution in [3.8, 4) is 5.75 Å². The van der Waals surface area contributed by atoms with E-state index in [0.717, 1.165) is 27.8 Å². The van der Waals surface area contributed by atoms with Gasteiger partial charge in [0.05, 0.1) is 7.11 Å².